The predicted octanol–water partition coefficient (Wildman–Crippen LogP) is 1.99. The summed E-state index contributed by atoms with van der Waals surface area (Å²) in [7, 11) is 3.63. The summed E-state index contributed by atoms with van der Waals surface area (Å²) in [6, 6.07) is 17.2. The van der Waals surface area contributed by atoms with Crippen molar-refractivity contribution in [2.75, 3.05) is 13.6 Å². The van der Waals surface area contributed by atoms with Crippen LogP contribution in [0.25, 0.3) is 11.0 Å². The van der Waals surface area contributed by atoms with Crippen molar-refractivity contribution in [3.63, 3.8) is 0 Å². The van der Waals surface area contributed by atoms with Crippen molar-refractivity contribution in [1.82, 2.24) is 19.4 Å². The van der Waals surface area contributed by atoms with Gasteiger partial charge in [0.15, 0.2) is 0 Å². The average molecular weight is 362 g/mol. The highest BCUT2D eigenvalue weighted by Gasteiger charge is 2.38. The van der Waals surface area contributed by atoms with E-state index in [1.165, 1.54) is 4.90 Å². The van der Waals surface area contributed by atoms with Gasteiger partial charge >= 0.3 is 0 Å². The van der Waals surface area contributed by atoms with E-state index in [1.54, 1.807) is 11.9 Å². The predicted molar refractivity (Wildman–Crippen MR) is 103 cm³/mol. The number of carbonyl (C=O) groups excluding carboxylic acids is 2. The van der Waals surface area contributed by atoms with Gasteiger partial charge in [-0.3, -0.25) is 9.59 Å². The Morgan fingerprint density at radius 2 is 1.70 bits per heavy atom. The third-order valence-electron chi connectivity index (χ3n) is 5.19. The van der Waals surface area contributed by atoms with E-state index in [4.69, 9.17) is 0 Å². The fourth-order valence-electron chi connectivity index (χ4n) is 3.66. The van der Waals surface area contributed by atoms with Crippen LogP contribution in [0, 0.1) is 0 Å². The maximum absolute atomic E-state index is 12.8. The summed E-state index contributed by atoms with van der Waals surface area (Å²) >= 11 is 0. The van der Waals surface area contributed by atoms with Gasteiger partial charge in [-0.2, -0.15) is 0 Å². The molecule has 138 valence electrons. The zero-order valence-corrected chi connectivity index (χ0v) is 15.5. The third-order valence-corrected chi connectivity index (χ3v) is 5.19. The van der Waals surface area contributed by atoms with E-state index >= 15 is 0 Å². The number of imidazole rings is 1. The fourth-order valence-corrected chi connectivity index (χ4v) is 3.66. The van der Waals surface area contributed by atoms with Crippen LogP contribution in [0.4, 0.5) is 0 Å². The van der Waals surface area contributed by atoms with Gasteiger partial charge in [0.2, 0.25) is 11.8 Å². The van der Waals surface area contributed by atoms with E-state index < -0.39 is 6.04 Å². The summed E-state index contributed by atoms with van der Waals surface area (Å²) in [5.74, 6) is 0.697. The summed E-state index contributed by atoms with van der Waals surface area (Å²) in [5, 5.41) is 0. The molecule has 0 unspecified atom stereocenters. The van der Waals surface area contributed by atoms with E-state index in [0.29, 0.717) is 13.0 Å². The molecule has 6 heteroatoms. The van der Waals surface area contributed by atoms with Crippen LogP contribution in [-0.2, 0) is 29.6 Å². The fraction of sp³-hybridized carbons (Fsp3) is 0.286. The molecule has 3 aromatic rings. The molecule has 1 atom stereocenters. The van der Waals surface area contributed by atoms with Crippen molar-refractivity contribution in [2.24, 2.45) is 7.05 Å². The summed E-state index contributed by atoms with van der Waals surface area (Å²) in [6.07, 6.45) is 0.500. The summed E-state index contributed by atoms with van der Waals surface area (Å²) in [5.41, 5.74) is 2.94. The third kappa shape index (κ3) is 3.18. The summed E-state index contributed by atoms with van der Waals surface area (Å²) < 4.78 is 1.99. The molecular formula is C21H22N4O2. The molecule has 27 heavy (non-hydrogen) atoms. The molecule has 1 aromatic heterocycles. The summed E-state index contributed by atoms with van der Waals surface area (Å²) in [6.45, 7) is 0.426. The van der Waals surface area contributed by atoms with Crippen LogP contribution >= 0.6 is 0 Å². The Morgan fingerprint density at radius 1 is 1.00 bits per heavy atom. The SMILES string of the molecule is CN1CC(=O)N(Cc2nc3ccccc3n2C)[C@@H](Cc2ccccc2)C1=O. The second-order valence-electron chi connectivity index (χ2n) is 7.00. The number of amides is 2. The zero-order chi connectivity index (χ0) is 19.0. The Kier molecular flexibility index (Phi) is 4.39. The quantitative estimate of drug-likeness (QED) is 0.713. The molecule has 0 aliphatic carbocycles. The second-order valence-corrected chi connectivity index (χ2v) is 7.00. The highest BCUT2D eigenvalue weighted by atomic mass is 16.2. The molecule has 0 spiro atoms. The zero-order valence-electron chi connectivity index (χ0n) is 15.5. The molecule has 0 saturated carbocycles. The van der Waals surface area contributed by atoms with Crippen molar-refractivity contribution >= 4 is 22.8 Å². The number of fused-ring (bicyclic) bond motifs is 1. The van der Waals surface area contributed by atoms with Crippen LogP contribution < -0.4 is 0 Å². The number of hydrogen-bond donors (Lipinski definition) is 0. The van der Waals surface area contributed by atoms with Crippen LogP contribution in [0.1, 0.15) is 11.4 Å². The first kappa shape index (κ1) is 17.3. The van der Waals surface area contributed by atoms with Crippen molar-refractivity contribution in [2.45, 2.75) is 19.0 Å². The van der Waals surface area contributed by atoms with Gasteiger partial charge in [0, 0.05) is 20.5 Å². The molecule has 0 bridgehead atoms. The first-order chi connectivity index (χ1) is 13.0. The van der Waals surface area contributed by atoms with Gasteiger partial charge in [0.05, 0.1) is 24.1 Å². The molecule has 2 amide bonds. The molecule has 6 nitrogen and oxygen atoms in total. The maximum atomic E-state index is 12.8. The van der Waals surface area contributed by atoms with Crippen molar-refractivity contribution in [1.29, 1.82) is 0 Å². The van der Waals surface area contributed by atoms with Gasteiger partial charge in [-0.1, -0.05) is 42.5 Å². The number of hydrogen-bond acceptors (Lipinski definition) is 3. The molecule has 2 aromatic carbocycles. The van der Waals surface area contributed by atoms with Gasteiger partial charge in [-0.25, -0.2) is 4.98 Å². The normalized spacial score (nSPS) is 17.8. The van der Waals surface area contributed by atoms with E-state index in [2.05, 4.69) is 4.98 Å². The number of carbonyl (C=O) groups is 2. The molecule has 1 aliphatic rings. The largest absolute Gasteiger partial charge is 0.335 e. The maximum Gasteiger partial charge on any atom is 0.245 e. The van der Waals surface area contributed by atoms with Crippen LogP contribution in [0.2, 0.25) is 0 Å². The van der Waals surface area contributed by atoms with Crippen molar-refractivity contribution < 1.29 is 9.59 Å². The summed E-state index contributed by atoms with van der Waals surface area (Å²) in [4.78, 5) is 33.5. The Balaban J connectivity index is 1.67. The highest BCUT2D eigenvalue weighted by Crippen LogP contribution is 2.21. The van der Waals surface area contributed by atoms with Gasteiger partial charge in [-0.15, -0.1) is 0 Å². The van der Waals surface area contributed by atoms with Crippen LogP contribution in [-0.4, -0.2) is 50.8 Å². The van der Waals surface area contributed by atoms with E-state index in [0.717, 1.165) is 22.4 Å². The minimum Gasteiger partial charge on any atom is -0.335 e. The molecule has 4 rings (SSSR count). The van der Waals surface area contributed by atoms with Gasteiger partial charge in [-0.05, 0) is 17.7 Å². The number of nitrogens with zero attached hydrogens (tertiary/aromatic N) is 4. The lowest BCUT2D eigenvalue weighted by Crippen LogP contribution is -2.59. The standard InChI is InChI=1S/C21H22N4O2/c1-23-14-20(26)25(18(21(23)27)12-15-8-4-3-5-9-15)13-19-22-16-10-6-7-11-17(16)24(19)2/h3-11,18H,12-14H2,1-2H3/t18-/m0/s1. The van der Waals surface area contributed by atoms with Gasteiger partial charge < -0.3 is 14.4 Å². The van der Waals surface area contributed by atoms with Crippen LogP contribution in [0.15, 0.2) is 54.6 Å². The lowest BCUT2D eigenvalue weighted by Gasteiger charge is -2.38. The van der Waals surface area contributed by atoms with Crippen molar-refractivity contribution in [3.05, 3.63) is 66.0 Å². The number of aromatic nitrogens is 2. The Bertz CT molecular complexity index is 996. The molecule has 1 aliphatic heterocycles. The second kappa shape index (κ2) is 6.87. The number of para-hydroxylation sites is 2. The lowest BCUT2D eigenvalue weighted by atomic mass is 10.0. The van der Waals surface area contributed by atoms with E-state index in [1.807, 2.05) is 66.2 Å². The highest BCUT2D eigenvalue weighted by molar-refractivity contribution is 5.95. The minimum absolute atomic E-state index is 0.0304. The average Bonchev–Trinajstić information content (AvgIpc) is 2.99. The smallest absolute Gasteiger partial charge is 0.245 e. The van der Waals surface area contributed by atoms with Gasteiger partial charge in [0.1, 0.15) is 11.9 Å². The first-order valence-electron chi connectivity index (χ1n) is 9.03. The number of likely N-dealkylation sites (N-methyl/N-ethyl adjacent to an activating group) is 1. The molecule has 0 N–H and O–H groups in total. The lowest BCUT2D eigenvalue weighted by molar-refractivity contribution is -0.155. The topological polar surface area (TPSA) is 58.4 Å². The monoisotopic (exact) mass is 362 g/mol. The minimum atomic E-state index is -0.515. The molecule has 0 radical (unpaired) electrons. The Labute approximate surface area is 158 Å². The number of benzene rings is 2. The number of aryl methyl sites for hydroxylation is 1. The first-order valence-corrected chi connectivity index (χ1v) is 9.03. The van der Waals surface area contributed by atoms with Gasteiger partial charge in [0.25, 0.3) is 0 Å². The molecule has 1 saturated heterocycles. The van der Waals surface area contributed by atoms with Crippen LogP contribution in [0.3, 0.4) is 0 Å². The Hall–Kier alpha value is -3.15. The van der Waals surface area contributed by atoms with Crippen molar-refractivity contribution in [3.8, 4) is 0 Å². The molecule has 1 fully saturated rings. The van der Waals surface area contributed by atoms with E-state index in [-0.39, 0.29) is 18.4 Å². The Morgan fingerprint density at radius 3 is 2.44 bits per heavy atom. The number of piperazine rings is 1. The number of rotatable bonds is 4. The van der Waals surface area contributed by atoms with Crippen LogP contribution in [0.5, 0.6) is 0 Å². The molecular weight excluding hydrogens is 340 g/mol. The molecule has 2 heterocycles. The van der Waals surface area contributed by atoms with E-state index in [9.17, 15) is 9.59 Å².